The van der Waals surface area contributed by atoms with Crippen molar-refractivity contribution in [3.05, 3.63) is 71.1 Å². The molecular formula is C25H32N6O3S2. The van der Waals surface area contributed by atoms with Gasteiger partial charge < -0.3 is 15.8 Å². The van der Waals surface area contributed by atoms with Gasteiger partial charge >= 0.3 is 0 Å². The van der Waals surface area contributed by atoms with Crippen LogP contribution in [0.3, 0.4) is 0 Å². The molecule has 3 aromatic rings. The fraction of sp³-hybridized carbons (Fsp3) is 0.280. The van der Waals surface area contributed by atoms with Gasteiger partial charge in [-0.1, -0.05) is 48.9 Å². The summed E-state index contributed by atoms with van der Waals surface area (Å²) in [6, 6.07) is 18.8. The van der Waals surface area contributed by atoms with Crippen LogP contribution in [0.15, 0.2) is 60.0 Å². The molecule has 0 aliphatic carbocycles. The molecule has 0 unspecified atom stereocenters. The smallest absolute Gasteiger partial charge is 0.293 e. The Kier molecular flexibility index (Phi) is 17.1. The number of nitrogens with two attached hydrogens (primary N) is 2. The zero-order valence-corrected chi connectivity index (χ0v) is 21.8. The number of hydrogen-bond donors (Lipinski definition) is 4. The summed E-state index contributed by atoms with van der Waals surface area (Å²) in [5, 5.41) is 19.2. The van der Waals surface area contributed by atoms with Gasteiger partial charge in [0.2, 0.25) is 5.91 Å². The molecule has 9 nitrogen and oxygen atoms in total. The molecule has 6 N–H and O–H groups in total. The quantitative estimate of drug-likeness (QED) is 0.153. The molecule has 1 aromatic heterocycles. The fourth-order valence-corrected chi connectivity index (χ4v) is 3.78. The van der Waals surface area contributed by atoms with Gasteiger partial charge in [-0.3, -0.25) is 19.5 Å². The van der Waals surface area contributed by atoms with E-state index in [1.54, 1.807) is 24.3 Å². The highest BCUT2D eigenvalue weighted by Crippen LogP contribution is 2.24. The van der Waals surface area contributed by atoms with Crippen LogP contribution in [0.1, 0.15) is 36.8 Å². The molecule has 3 rings (SSSR count). The van der Waals surface area contributed by atoms with Crippen molar-refractivity contribution in [3.8, 4) is 17.3 Å². The summed E-state index contributed by atoms with van der Waals surface area (Å²) in [5.74, 6) is 0.0233. The lowest BCUT2D eigenvalue weighted by atomic mass is 10.2. The van der Waals surface area contributed by atoms with Crippen LogP contribution in [-0.2, 0) is 20.9 Å². The van der Waals surface area contributed by atoms with E-state index in [0.29, 0.717) is 23.6 Å². The van der Waals surface area contributed by atoms with E-state index in [-0.39, 0.29) is 12.5 Å². The van der Waals surface area contributed by atoms with E-state index in [1.165, 1.54) is 18.4 Å². The van der Waals surface area contributed by atoms with Gasteiger partial charge in [0.15, 0.2) is 5.13 Å². The van der Waals surface area contributed by atoms with Gasteiger partial charge in [0.1, 0.15) is 6.61 Å². The Morgan fingerprint density at radius 2 is 1.86 bits per heavy atom. The van der Waals surface area contributed by atoms with Gasteiger partial charge in [0, 0.05) is 36.0 Å². The topological polar surface area (TPSA) is 156 Å². The Morgan fingerprint density at radius 1 is 1.14 bits per heavy atom. The number of carbonyl (C=O) groups excluding carboxylic acids is 2. The Bertz CT molecular complexity index is 1040. The minimum absolute atomic E-state index is 0.0233. The Labute approximate surface area is 220 Å². The van der Waals surface area contributed by atoms with E-state index >= 15 is 0 Å². The van der Waals surface area contributed by atoms with Crippen molar-refractivity contribution in [2.24, 2.45) is 10.9 Å². The molecular weight excluding hydrogens is 496 g/mol. The van der Waals surface area contributed by atoms with Crippen LogP contribution in [-0.4, -0.2) is 31.0 Å². The van der Waals surface area contributed by atoms with Gasteiger partial charge in [0.05, 0.1) is 17.3 Å². The molecule has 0 radical (unpaired) electrons. The number of anilines is 1. The molecule has 0 aliphatic heterocycles. The SMILES string of the molecule is CN.N#Cc1ccc(COC=O)cc1.NSNCCCCCC(=O)Nc1nc(-c2ccccc2)cs1. The van der Waals surface area contributed by atoms with Crippen molar-refractivity contribution in [2.75, 3.05) is 18.9 Å². The van der Waals surface area contributed by atoms with Crippen LogP contribution >= 0.6 is 23.5 Å². The number of nitrogens with zero attached hydrogens (tertiary/aromatic N) is 2. The zero-order chi connectivity index (χ0) is 26.4. The van der Waals surface area contributed by atoms with Crippen molar-refractivity contribution in [3.63, 3.8) is 0 Å². The summed E-state index contributed by atoms with van der Waals surface area (Å²) in [4.78, 5) is 26.1. The molecule has 0 bridgehead atoms. The zero-order valence-electron chi connectivity index (χ0n) is 20.2. The highest BCUT2D eigenvalue weighted by molar-refractivity contribution is 7.95. The lowest BCUT2D eigenvalue weighted by Crippen LogP contribution is -2.12. The largest absolute Gasteiger partial charge is 0.463 e. The van der Waals surface area contributed by atoms with E-state index < -0.39 is 0 Å². The van der Waals surface area contributed by atoms with Crippen LogP contribution in [0.4, 0.5) is 5.13 Å². The maximum atomic E-state index is 11.9. The van der Waals surface area contributed by atoms with Gasteiger partial charge in [0.25, 0.3) is 6.47 Å². The molecule has 11 heteroatoms. The Balaban J connectivity index is 0.000000391. The molecule has 0 saturated heterocycles. The number of hydrogen-bond acceptors (Lipinski definition) is 10. The van der Waals surface area contributed by atoms with Crippen LogP contribution in [0.25, 0.3) is 11.3 Å². The number of rotatable bonds is 12. The molecule has 0 atom stereocenters. The van der Waals surface area contributed by atoms with Crippen LogP contribution in [0.2, 0.25) is 0 Å². The summed E-state index contributed by atoms with van der Waals surface area (Å²) < 4.78 is 7.51. The second-order valence-electron chi connectivity index (χ2n) is 6.99. The van der Waals surface area contributed by atoms with E-state index in [1.807, 2.05) is 41.8 Å². The fourth-order valence-electron chi connectivity index (χ4n) is 2.78. The number of carbonyl (C=O) groups is 2. The van der Waals surface area contributed by atoms with Crippen molar-refractivity contribution < 1.29 is 14.3 Å². The van der Waals surface area contributed by atoms with Crippen molar-refractivity contribution in [2.45, 2.75) is 32.3 Å². The van der Waals surface area contributed by atoms with Crippen molar-refractivity contribution in [1.29, 1.82) is 5.26 Å². The summed E-state index contributed by atoms with van der Waals surface area (Å²) in [7, 11) is 1.50. The van der Waals surface area contributed by atoms with E-state index in [0.717, 1.165) is 54.8 Å². The average Bonchev–Trinajstić information content (AvgIpc) is 3.40. The first kappa shape index (κ1) is 30.8. The molecule has 2 aromatic carbocycles. The third kappa shape index (κ3) is 13.0. The predicted molar refractivity (Wildman–Crippen MR) is 147 cm³/mol. The molecule has 1 heterocycles. The molecule has 36 heavy (non-hydrogen) atoms. The number of aromatic nitrogens is 1. The maximum Gasteiger partial charge on any atom is 0.293 e. The van der Waals surface area contributed by atoms with Gasteiger partial charge in [-0.05, 0) is 37.6 Å². The number of benzene rings is 2. The second kappa shape index (κ2) is 20.0. The molecule has 0 aliphatic rings. The average molecular weight is 529 g/mol. The third-order valence-electron chi connectivity index (χ3n) is 4.49. The summed E-state index contributed by atoms with van der Waals surface area (Å²) >= 11 is 2.59. The van der Waals surface area contributed by atoms with E-state index in [2.05, 4.69) is 25.5 Å². The maximum absolute atomic E-state index is 11.9. The normalized spacial score (nSPS) is 9.50. The number of nitriles is 1. The first-order valence-corrected chi connectivity index (χ1v) is 12.9. The number of amides is 1. The number of unbranched alkanes of at least 4 members (excludes halogenated alkanes) is 2. The van der Waals surface area contributed by atoms with Gasteiger partial charge in [-0.2, -0.15) is 5.26 Å². The Hall–Kier alpha value is -3.27. The lowest BCUT2D eigenvalue weighted by Gasteiger charge is -2.02. The van der Waals surface area contributed by atoms with Crippen LogP contribution < -0.4 is 20.9 Å². The van der Waals surface area contributed by atoms with E-state index in [4.69, 9.17) is 10.4 Å². The first-order chi connectivity index (χ1) is 17.7. The number of thiazole rings is 1. The Morgan fingerprint density at radius 3 is 2.50 bits per heavy atom. The van der Waals surface area contributed by atoms with Gasteiger partial charge in [-0.25, -0.2) is 4.98 Å². The number of nitrogens with one attached hydrogen (secondary N) is 2. The second-order valence-corrected chi connectivity index (χ2v) is 8.37. The van der Waals surface area contributed by atoms with Crippen molar-refractivity contribution in [1.82, 2.24) is 9.71 Å². The predicted octanol–water partition coefficient (Wildman–Crippen LogP) is 4.23. The van der Waals surface area contributed by atoms with Crippen LogP contribution in [0, 0.1) is 11.3 Å². The summed E-state index contributed by atoms with van der Waals surface area (Å²) in [5.41, 5.74) is 7.93. The monoisotopic (exact) mass is 528 g/mol. The first-order valence-electron chi connectivity index (χ1n) is 11.2. The molecule has 0 spiro atoms. The number of ether oxygens (including phenoxy) is 1. The third-order valence-corrected chi connectivity index (χ3v) is 5.62. The van der Waals surface area contributed by atoms with Crippen molar-refractivity contribution >= 4 is 41.0 Å². The summed E-state index contributed by atoms with van der Waals surface area (Å²) in [6.45, 7) is 1.53. The highest BCUT2D eigenvalue weighted by Gasteiger charge is 2.07. The lowest BCUT2D eigenvalue weighted by molar-refractivity contribution is -0.129. The van der Waals surface area contributed by atoms with Gasteiger partial charge in [-0.15, -0.1) is 11.3 Å². The van der Waals surface area contributed by atoms with Crippen LogP contribution in [0.5, 0.6) is 0 Å². The molecule has 0 saturated carbocycles. The minimum Gasteiger partial charge on any atom is -0.463 e. The highest BCUT2D eigenvalue weighted by atomic mass is 32.2. The molecule has 1 amide bonds. The molecule has 0 fully saturated rings. The standard InChI is InChI=1S/C15H20N4OS2.C9H7NO2.CH5N/c16-22-17-10-6-2-5-9-14(20)19-15-18-13(11-21-15)12-7-3-1-4-8-12;10-5-8-1-3-9(4-2-8)6-12-7-11;1-2/h1,3-4,7-8,11,17H,2,5-6,9-10,16H2,(H,18,19,20);1-4,7H,6H2;2H2,1H3. The molecule has 192 valence electrons. The summed E-state index contributed by atoms with van der Waals surface area (Å²) in [6.07, 6.45) is 3.43. The minimum atomic E-state index is 0.0233. The van der Waals surface area contributed by atoms with E-state index in [9.17, 15) is 9.59 Å².